The SMILES string of the molecule is CCCCCCCCCC(O)C1CCCCS1(=O)=O. The molecule has 1 N–H and O–H groups in total. The molecular formula is C15H30O3S. The van der Waals surface area contributed by atoms with E-state index in [4.69, 9.17) is 0 Å². The van der Waals surface area contributed by atoms with E-state index in [1.807, 2.05) is 0 Å². The second-order valence-corrected chi connectivity index (χ2v) is 8.22. The molecule has 0 aromatic carbocycles. The highest BCUT2D eigenvalue weighted by molar-refractivity contribution is 7.92. The van der Waals surface area contributed by atoms with Crippen molar-refractivity contribution in [2.75, 3.05) is 5.75 Å². The molecule has 1 fully saturated rings. The predicted octanol–water partition coefficient (Wildman–Crippen LogP) is 3.46. The minimum atomic E-state index is -3.03. The topological polar surface area (TPSA) is 54.4 Å². The van der Waals surface area contributed by atoms with Gasteiger partial charge in [0, 0.05) is 0 Å². The van der Waals surface area contributed by atoms with Gasteiger partial charge in [-0.15, -0.1) is 0 Å². The van der Waals surface area contributed by atoms with E-state index >= 15 is 0 Å². The number of unbranched alkanes of at least 4 members (excludes halogenated alkanes) is 6. The molecular weight excluding hydrogens is 260 g/mol. The molecule has 114 valence electrons. The van der Waals surface area contributed by atoms with Crippen molar-refractivity contribution in [2.24, 2.45) is 0 Å². The second-order valence-electron chi connectivity index (χ2n) is 5.88. The van der Waals surface area contributed by atoms with Crippen LogP contribution >= 0.6 is 0 Å². The zero-order chi connectivity index (χ0) is 14.1. The molecule has 0 bridgehead atoms. The van der Waals surface area contributed by atoms with Crippen LogP contribution in [-0.2, 0) is 9.84 Å². The molecule has 1 heterocycles. The molecule has 1 saturated heterocycles. The molecule has 3 nitrogen and oxygen atoms in total. The molecule has 0 amide bonds. The van der Waals surface area contributed by atoms with E-state index in [2.05, 4.69) is 6.92 Å². The van der Waals surface area contributed by atoms with Crippen molar-refractivity contribution in [3.8, 4) is 0 Å². The quantitative estimate of drug-likeness (QED) is 0.662. The Balaban J connectivity index is 2.15. The Morgan fingerprint density at radius 1 is 1.05 bits per heavy atom. The van der Waals surface area contributed by atoms with Gasteiger partial charge in [-0.25, -0.2) is 8.42 Å². The van der Waals surface area contributed by atoms with Crippen molar-refractivity contribution in [2.45, 2.75) is 88.9 Å². The van der Waals surface area contributed by atoms with E-state index in [1.165, 1.54) is 32.1 Å². The Bertz CT molecular complexity index is 324. The van der Waals surface area contributed by atoms with Gasteiger partial charge < -0.3 is 5.11 Å². The number of hydrogen-bond acceptors (Lipinski definition) is 3. The van der Waals surface area contributed by atoms with E-state index in [0.717, 1.165) is 25.7 Å². The summed E-state index contributed by atoms with van der Waals surface area (Å²) >= 11 is 0. The van der Waals surface area contributed by atoms with Gasteiger partial charge in [-0.05, 0) is 19.3 Å². The van der Waals surface area contributed by atoms with Crippen molar-refractivity contribution in [3.63, 3.8) is 0 Å². The Kier molecular flexibility index (Phi) is 8.00. The monoisotopic (exact) mass is 290 g/mol. The lowest BCUT2D eigenvalue weighted by Gasteiger charge is -2.26. The minimum Gasteiger partial charge on any atom is -0.392 e. The Labute approximate surface area is 118 Å². The maximum Gasteiger partial charge on any atom is 0.155 e. The Morgan fingerprint density at radius 3 is 2.32 bits per heavy atom. The van der Waals surface area contributed by atoms with E-state index in [9.17, 15) is 13.5 Å². The maximum atomic E-state index is 11.9. The van der Waals surface area contributed by atoms with Crippen molar-refractivity contribution >= 4 is 9.84 Å². The van der Waals surface area contributed by atoms with Crippen molar-refractivity contribution in [1.29, 1.82) is 0 Å². The largest absolute Gasteiger partial charge is 0.392 e. The van der Waals surface area contributed by atoms with E-state index < -0.39 is 21.2 Å². The van der Waals surface area contributed by atoms with E-state index in [1.54, 1.807) is 0 Å². The van der Waals surface area contributed by atoms with Crippen LogP contribution in [0.2, 0.25) is 0 Å². The fraction of sp³-hybridized carbons (Fsp3) is 1.00. The van der Waals surface area contributed by atoms with Gasteiger partial charge in [0.05, 0.1) is 17.1 Å². The average Bonchev–Trinajstić information content (AvgIpc) is 2.37. The van der Waals surface area contributed by atoms with Crippen molar-refractivity contribution in [1.82, 2.24) is 0 Å². The van der Waals surface area contributed by atoms with Gasteiger partial charge in [-0.1, -0.05) is 58.3 Å². The third-order valence-electron chi connectivity index (χ3n) is 4.16. The van der Waals surface area contributed by atoms with Gasteiger partial charge >= 0.3 is 0 Å². The molecule has 0 aromatic heterocycles. The predicted molar refractivity (Wildman–Crippen MR) is 80.0 cm³/mol. The summed E-state index contributed by atoms with van der Waals surface area (Å²) in [5, 5.41) is 9.59. The van der Waals surface area contributed by atoms with Gasteiger partial charge in [0.2, 0.25) is 0 Å². The molecule has 1 aliphatic rings. The normalized spacial score (nSPS) is 24.2. The highest BCUT2D eigenvalue weighted by atomic mass is 32.2. The molecule has 2 atom stereocenters. The lowest BCUT2D eigenvalue weighted by molar-refractivity contribution is 0.148. The van der Waals surface area contributed by atoms with Crippen LogP contribution in [0.4, 0.5) is 0 Å². The van der Waals surface area contributed by atoms with Crippen LogP contribution in [0.5, 0.6) is 0 Å². The van der Waals surface area contributed by atoms with E-state index in [-0.39, 0.29) is 5.75 Å². The summed E-state index contributed by atoms with van der Waals surface area (Å²) in [7, 11) is -3.03. The molecule has 1 aliphatic heterocycles. The molecule has 0 radical (unpaired) electrons. The zero-order valence-electron chi connectivity index (χ0n) is 12.3. The van der Waals surface area contributed by atoms with Crippen molar-refractivity contribution < 1.29 is 13.5 Å². The molecule has 0 spiro atoms. The summed E-state index contributed by atoms with van der Waals surface area (Å²) in [6, 6.07) is 0. The van der Waals surface area contributed by atoms with Gasteiger partial charge in [0.1, 0.15) is 0 Å². The first-order chi connectivity index (χ1) is 9.08. The van der Waals surface area contributed by atoms with Crippen LogP contribution in [0.1, 0.15) is 77.6 Å². The summed E-state index contributed by atoms with van der Waals surface area (Å²) in [4.78, 5) is 0. The maximum absolute atomic E-state index is 11.9. The van der Waals surface area contributed by atoms with Crippen LogP contribution in [0.15, 0.2) is 0 Å². The minimum absolute atomic E-state index is 0.270. The number of rotatable bonds is 9. The van der Waals surface area contributed by atoms with Gasteiger partial charge in [-0.2, -0.15) is 0 Å². The number of hydrogen-bond donors (Lipinski definition) is 1. The summed E-state index contributed by atoms with van der Waals surface area (Å²) in [5.41, 5.74) is 0. The van der Waals surface area contributed by atoms with Gasteiger partial charge in [-0.3, -0.25) is 0 Å². The molecule has 0 saturated carbocycles. The Morgan fingerprint density at radius 2 is 1.68 bits per heavy atom. The lowest BCUT2D eigenvalue weighted by Crippen LogP contribution is -2.38. The first-order valence-corrected chi connectivity index (χ1v) is 9.69. The van der Waals surface area contributed by atoms with Crippen LogP contribution in [-0.4, -0.2) is 30.6 Å². The number of aliphatic hydroxyl groups excluding tert-OH is 1. The standard InChI is InChI=1S/C15H30O3S/c1-2-3-4-5-6-7-8-11-14(16)15-12-9-10-13-19(15,17)18/h14-16H,2-13H2,1H3. The summed E-state index contributed by atoms with van der Waals surface area (Å²) in [5.74, 6) is 0.270. The average molecular weight is 290 g/mol. The van der Waals surface area contributed by atoms with Crippen LogP contribution in [0.3, 0.4) is 0 Å². The number of aliphatic hydroxyl groups is 1. The second kappa shape index (κ2) is 8.96. The zero-order valence-corrected chi connectivity index (χ0v) is 13.1. The smallest absolute Gasteiger partial charge is 0.155 e. The van der Waals surface area contributed by atoms with Crippen LogP contribution in [0.25, 0.3) is 0 Å². The van der Waals surface area contributed by atoms with Gasteiger partial charge in [0.25, 0.3) is 0 Å². The molecule has 1 rings (SSSR count). The molecule has 0 aromatic rings. The summed E-state index contributed by atoms with van der Waals surface area (Å²) in [6.45, 7) is 2.21. The lowest BCUT2D eigenvalue weighted by atomic mass is 10.0. The third-order valence-corrected chi connectivity index (χ3v) is 6.49. The van der Waals surface area contributed by atoms with Crippen molar-refractivity contribution in [3.05, 3.63) is 0 Å². The first-order valence-electron chi connectivity index (χ1n) is 7.97. The molecule has 4 heteroatoms. The summed E-state index contributed by atoms with van der Waals surface area (Å²) < 4.78 is 23.7. The fourth-order valence-electron chi connectivity index (χ4n) is 2.91. The molecule has 19 heavy (non-hydrogen) atoms. The number of sulfone groups is 1. The highest BCUT2D eigenvalue weighted by Crippen LogP contribution is 2.24. The van der Waals surface area contributed by atoms with E-state index in [0.29, 0.717) is 12.8 Å². The Hall–Kier alpha value is -0.0900. The van der Waals surface area contributed by atoms with Gasteiger partial charge in [0.15, 0.2) is 9.84 Å². The van der Waals surface area contributed by atoms with Crippen LogP contribution < -0.4 is 0 Å². The first kappa shape index (κ1) is 17.0. The highest BCUT2D eigenvalue weighted by Gasteiger charge is 2.34. The molecule has 2 unspecified atom stereocenters. The third kappa shape index (κ3) is 6.26. The molecule has 0 aliphatic carbocycles. The fourth-order valence-corrected chi connectivity index (χ4v) is 4.96. The summed E-state index contributed by atoms with van der Waals surface area (Å²) in [6.07, 6.45) is 10.8. The van der Waals surface area contributed by atoms with Crippen LogP contribution in [0, 0.1) is 0 Å².